The highest BCUT2D eigenvalue weighted by Gasteiger charge is 2.12. The molecule has 2 rings (SSSR count). The van der Waals surface area contributed by atoms with Crippen LogP contribution in [0.4, 0.5) is 8.78 Å². The minimum absolute atomic E-state index is 0. The Kier molecular flexibility index (Phi) is 9.50. The van der Waals surface area contributed by atoms with Crippen molar-refractivity contribution in [3.05, 3.63) is 70.8 Å². The van der Waals surface area contributed by atoms with Crippen LogP contribution in [0.2, 0.25) is 0 Å². The molecule has 1 unspecified atom stereocenters. The van der Waals surface area contributed by atoms with Crippen LogP contribution in [0.25, 0.3) is 0 Å². The van der Waals surface area contributed by atoms with Gasteiger partial charge in [0, 0.05) is 18.7 Å². The third-order valence-corrected chi connectivity index (χ3v) is 3.71. The maximum atomic E-state index is 13.7. The van der Waals surface area contributed by atoms with Gasteiger partial charge in [-0.1, -0.05) is 30.3 Å². The topological polar surface area (TPSA) is 56.7 Å². The van der Waals surface area contributed by atoms with Crippen LogP contribution in [-0.2, 0) is 6.54 Å². The monoisotopic (exact) mass is 475 g/mol. The molecule has 0 radical (unpaired) electrons. The highest BCUT2D eigenvalue weighted by atomic mass is 127. The predicted octanol–water partition coefficient (Wildman–Crippen LogP) is 3.68. The SMILES string of the molecule is CCNC(=NCc1ccc(F)c(C)c1)NCC(O)c1ccccc1F.I. The molecule has 1 atom stereocenters. The fourth-order valence-corrected chi connectivity index (χ4v) is 2.37. The second-order valence-corrected chi connectivity index (χ2v) is 5.70. The number of guanidine groups is 1. The maximum Gasteiger partial charge on any atom is 0.191 e. The Labute approximate surface area is 169 Å². The fraction of sp³-hybridized carbons (Fsp3) is 0.316. The molecule has 0 spiro atoms. The molecule has 2 aromatic rings. The molecule has 2 aromatic carbocycles. The third kappa shape index (κ3) is 6.53. The standard InChI is InChI=1S/C19H23F2N3O.HI/c1-3-22-19(23-11-14-8-9-16(20)13(2)10-14)24-12-18(25)15-6-4-5-7-17(15)21;/h4-10,18,25H,3,11-12H2,1-2H3,(H2,22,23,24);1H. The summed E-state index contributed by atoms with van der Waals surface area (Å²) >= 11 is 0. The van der Waals surface area contributed by atoms with Gasteiger partial charge >= 0.3 is 0 Å². The number of aryl methyl sites for hydroxylation is 1. The molecule has 0 heterocycles. The van der Waals surface area contributed by atoms with E-state index in [1.54, 1.807) is 37.3 Å². The Morgan fingerprint density at radius 2 is 1.85 bits per heavy atom. The van der Waals surface area contributed by atoms with Gasteiger partial charge in [0.2, 0.25) is 0 Å². The number of halogens is 3. The largest absolute Gasteiger partial charge is 0.386 e. The molecule has 0 amide bonds. The van der Waals surface area contributed by atoms with Crippen LogP contribution in [0.3, 0.4) is 0 Å². The lowest BCUT2D eigenvalue weighted by molar-refractivity contribution is 0.176. The Morgan fingerprint density at radius 3 is 2.50 bits per heavy atom. The zero-order chi connectivity index (χ0) is 18.2. The summed E-state index contributed by atoms with van der Waals surface area (Å²) in [5.74, 6) is -0.189. The van der Waals surface area contributed by atoms with E-state index in [1.165, 1.54) is 12.1 Å². The van der Waals surface area contributed by atoms with E-state index in [2.05, 4.69) is 15.6 Å². The molecule has 0 aliphatic carbocycles. The van der Waals surface area contributed by atoms with Crippen molar-refractivity contribution in [2.24, 2.45) is 4.99 Å². The van der Waals surface area contributed by atoms with Crippen molar-refractivity contribution in [2.75, 3.05) is 13.1 Å². The number of benzene rings is 2. The van der Waals surface area contributed by atoms with E-state index in [0.29, 0.717) is 24.6 Å². The van der Waals surface area contributed by atoms with E-state index in [-0.39, 0.29) is 41.9 Å². The molecule has 0 bridgehead atoms. The Morgan fingerprint density at radius 1 is 1.12 bits per heavy atom. The Hall–Kier alpha value is -1.74. The lowest BCUT2D eigenvalue weighted by atomic mass is 10.1. The van der Waals surface area contributed by atoms with E-state index in [1.807, 2.05) is 6.92 Å². The van der Waals surface area contributed by atoms with Crippen LogP contribution in [0.15, 0.2) is 47.5 Å². The highest BCUT2D eigenvalue weighted by Crippen LogP contribution is 2.15. The van der Waals surface area contributed by atoms with Gasteiger partial charge in [-0.3, -0.25) is 0 Å². The smallest absolute Gasteiger partial charge is 0.191 e. The molecular weight excluding hydrogens is 451 g/mol. The van der Waals surface area contributed by atoms with E-state index in [0.717, 1.165) is 5.56 Å². The van der Waals surface area contributed by atoms with E-state index in [4.69, 9.17) is 0 Å². The lowest BCUT2D eigenvalue weighted by Crippen LogP contribution is -2.39. The molecule has 0 saturated heterocycles. The molecule has 3 N–H and O–H groups in total. The number of nitrogens with one attached hydrogen (secondary N) is 2. The van der Waals surface area contributed by atoms with Crippen LogP contribution in [0.5, 0.6) is 0 Å². The lowest BCUT2D eigenvalue weighted by Gasteiger charge is -2.16. The fourth-order valence-electron chi connectivity index (χ4n) is 2.37. The number of aliphatic imine (C=N–C) groups is 1. The second kappa shape index (κ2) is 11.1. The number of rotatable bonds is 6. The molecule has 26 heavy (non-hydrogen) atoms. The zero-order valence-corrected chi connectivity index (χ0v) is 17.1. The van der Waals surface area contributed by atoms with Gasteiger partial charge in [0.1, 0.15) is 11.6 Å². The third-order valence-electron chi connectivity index (χ3n) is 3.71. The van der Waals surface area contributed by atoms with Gasteiger partial charge in [-0.2, -0.15) is 0 Å². The molecule has 0 fully saturated rings. The summed E-state index contributed by atoms with van der Waals surface area (Å²) in [6.45, 7) is 4.76. The number of hydrogen-bond donors (Lipinski definition) is 3. The summed E-state index contributed by atoms with van der Waals surface area (Å²) < 4.78 is 27.0. The quantitative estimate of drug-likeness (QED) is 0.340. The van der Waals surface area contributed by atoms with Gasteiger partial charge in [-0.25, -0.2) is 13.8 Å². The predicted molar refractivity (Wildman–Crippen MR) is 111 cm³/mol. The van der Waals surface area contributed by atoms with Crippen LogP contribution < -0.4 is 10.6 Å². The first kappa shape index (κ1) is 22.3. The summed E-state index contributed by atoms with van der Waals surface area (Å²) in [6.07, 6.45) is -0.988. The van der Waals surface area contributed by atoms with Crippen molar-refractivity contribution in [1.82, 2.24) is 10.6 Å². The first-order valence-corrected chi connectivity index (χ1v) is 8.21. The van der Waals surface area contributed by atoms with Crippen molar-refractivity contribution in [1.29, 1.82) is 0 Å². The maximum absolute atomic E-state index is 13.7. The van der Waals surface area contributed by atoms with E-state index < -0.39 is 11.9 Å². The molecule has 4 nitrogen and oxygen atoms in total. The number of nitrogens with zero attached hydrogens (tertiary/aromatic N) is 1. The van der Waals surface area contributed by atoms with Crippen LogP contribution in [-0.4, -0.2) is 24.2 Å². The average Bonchev–Trinajstić information content (AvgIpc) is 2.60. The molecule has 7 heteroatoms. The summed E-state index contributed by atoms with van der Waals surface area (Å²) in [5.41, 5.74) is 1.69. The first-order valence-electron chi connectivity index (χ1n) is 8.21. The van der Waals surface area contributed by atoms with E-state index >= 15 is 0 Å². The summed E-state index contributed by atoms with van der Waals surface area (Å²) in [6, 6.07) is 11.0. The van der Waals surface area contributed by atoms with Crippen molar-refractivity contribution >= 4 is 29.9 Å². The Balaban J connectivity index is 0.00000338. The van der Waals surface area contributed by atoms with Crippen LogP contribution in [0.1, 0.15) is 29.7 Å². The van der Waals surface area contributed by atoms with Gasteiger partial charge in [0.15, 0.2) is 5.96 Å². The second-order valence-electron chi connectivity index (χ2n) is 5.70. The molecule has 142 valence electrons. The number of hydrogen-bond acceptors (Lipinski definition) is 2. The molecule has 0 saturated carbocycles. The minimum Gasteiger partial charge on any atom is -0.386 e. The minimum atomic E-state index is -0.988. The van der Waals surface area contributed by atoms with Gasteiger partial charge in [-0.05, 0) is 37.1 Å². The van der Waals surface area contributed by atoms with Gasteiger partial charge < -0.3 is 15.7 Å². The zero-order valence-electron chi connectivity index (χ0n) is 14.8. The van der Waals surface area contributed by atoms with Crippen molar-refractivity contribution in [2.45, 2.75) is 26.5 Å². The van der Waals surface area contributed by atoms with Gasteiger partial charge in [0.25, 0.3) is 0 Å². The van der Waals surface area contributed by atoms with Gasteiger partial charge in [0.05, 0.1) is 12.6 Å². The highest BCUT2D eigenvalue weighted by molar-refractivity contribution is 14.0. The average molecular weight is 475 g/mol. The van der Waals surface area contributed by atoms with Crippen LogP contribution >= 0.6 is 24.0 Å². The molecule has 0 aliphatic heterocycles. The van der Waals surface area contributed by atoms with Crippen molar-refractivity contribution < 1.29 is 13.9 Å². The summed E-state index contributed by atoms with van der Waals surface area (Å²) in [4.78, 5) is 4.41. The molecule has 0 aliphatic rings. The van der Waals surface area contributed by atoms with E-state index in [9.17, 15) is 13.9 Å². The number of aliphatic hydroxyl groups excluding tert-OH is 1. The summed E-state index contributed by atoms with van der Waals surface area (Å²) in [7, 11) is 0. The van der Waals surface area contributed by atoms with Crippen molar-refractivity contribution in [3.63, 3.8) is 0 Å². The van der Waals surface area contributed by atoms with Crippen LogP contribution in [0, 0.1) is 18.6 Å². The van der Waals surface area contributed by atoms with Crippen molar-refractivity contribution in [3.8, 4) is 0 Å². The normalized spacial score (nSPS) is 12.3. The molecular formula is C19H24F2IN3O. The summed E-state index contributed by atoms with van der Waals surface area (Å²) in [5, 5.41) is 16.2. The molecule has 0 aromatic heterocycles. The van der Waals surface area contributed by atoms with Gasteiger partial charge in [-0.15, -0.1) is 24.0 Å². The number of aliphatic hydroxyl groups is 1. The first-order chi connectivity index (χ1) is 12.0. The Bertz CT molecular complexity index is 740.